The summed E-state index contributed by atoms with van der Waals surface area (Å²) in [6.07, 6.45) is 0.759. The van der Waals surface area contributed by atoms with Gasteiger partial charge in [0.2, 0.25) is 5.91 Å². The molecular weight excluding hydrogens is 295 g/mol. The van der Waals surface area contributed by atoms with Crippen molar-refractivity contribution >= 4 is 5.91 Å². The first-order valence-electron chi connectivity index (χ1n) is 7.53. The van der Waals surface area contributed by atoms with Gasteiger partial charge in [0, 0.05) is 0 Å². The molecule has 1 amide bonds. The van der Waals surface area contributed by atoms with Crippen LogP contribution in [0, 0.1) is 5.82 Å². The molecule has 0 heterocycles. The van der Waals surface area contributed by atoms with Crippen LogP contribution in [0.25, 0.3) is 0 Å². The summed E-state index contributed by atoms with van der Waals surface area (Å²) in [7, 11) is 0. The number of hydrogen-bond acceptors (Lipinski definition) is 3. The predicted molar refractivity (Wildman–Crippen MR) is 87.5 cm³/mol. The van der Waals surface area contributed by atoms with Crippen LogP contribution in [0.3, 0.4) is 0 Å². The zero-order valence-corrected chi connectivity index (χ0v) is 13.1. The van der Waals surface area contributed by atoms with Gasteiger partial charge in [-0.3, -0.25) is 4.79 Å². The summed E-state index contributed by atoms with van der Waals surface area (Å²) in [5, 5.41) is 3.06. The predicted octanol–water partition coefficient (Wildman–Crippen LogP) is 2.41. The van der Waals surface area contributed by atoms with Crippen molar-refractivity contribution in [2.24, 2.45) is 5.73 Å². The van der Waals surface area contributed by atoms with Crippen molar-refractivity contribution in [1.82, 2.24) is 5.32 Å². The van der Waals surface area contributed by atoms with E-state index in [0.29, 0.717) is 13.2 Å². The van der Waals surface area contributed by atoms with Crippen LogP contribution in [0.15, 0.2) is 48.5 Å². The van der Waals surface area contributed by atoms with Crippen LogP contribution in [-0.2, 0) is 17.8 Å². The molecule has 1 atom stereocenters. The van der Waals surface area contributed by atoms with E-state index in [2.05, 4.69) is 5.32 Å². The van der Waals surface area contributed by atoms with Crippen molar-refractivity contribution in [2.75, 3.05) is 6.54 Å². The standard InChI is InChI=1S/C18H21FN2O2/c1-13(18(20)22)21-9-8-14-4-3-7-17(11-14)23-12-15-5-2-6-16(19)10-15/h2-7,10-11,13,21H,8-9,12H2,1H3,(H2,20,22). The van der Waals surface area contributed by atoms with Gasteiger partial charge < -0.3 is 15.8 Å². The van der Waals surface area contributed by atoms with Crippen LogP contribution in [0.2, 0.25) is 0 Å². The molecule has 122 valence electrons. The monoisotopic (exact) mass is 316 g/mol. The first kappa shape index (κ1) is 17.0. The summed E-state index contributed by atoms with van der Waals surface area (Å²) < 4.78 is 18.8. The van der Waals surface area contributed by atoms with E-state index in [1.807, 2.05) is 30.3 Å². The maximum absolute atomic E-state index is 13.1. The van der Waals surface area contributed by atoms with Crippen LogP contribution in [0.4, 0.5) is 4.39 Å². The Labute approximate surface area is 135 Å². The molecule has 0 aliphatic rings. The summed E-state index contributed by atoms with van der Waals surface area (Å²) >= 11 is 0. The number of rotatable bonds is 8. The van der Waals surface area contributed by atoms with Gasteiger partial charge in [-0.05, 0) is 55.3 Å². The maximum Gasteiger partial charge on any atom is 0.234 e. The lowest BCUT2D eigenvalue weighted by atomic mass is 10.1. The molecule has 2 rings (SSSR count). The molecular formula is C18H21FN2O2. The van der Waals surface area contributed by atoms with E-state index in [1.54, 1.807) is 13.0 Å². The fraction of sp³-hybridized carbons (Fsp3) is 0.278. The van der Waals surface area contributed by atoms with E-state index in [0.717, 1.165) is 23.3 Å². The topological polar surface area (TPSA) is 64.3 Å². The van der Waals surface area contributed by atoms with Crippen LogP contribution < -0.4 is 15.8 Å². The Hall–Kier alpha value is -2.40. The minimum Gasteiger partial charge on any atom is -0.489 e. The molecule has 0 saturated carbocycles. The molecule has 2 aromatic rings. The van der Waals surface area contributed by atoms with Gasteiger partial charge in [-0.15, -0.1) is 0 Å². The Kier molecular flexibility index (Phi) is 6.11. The van der Waals surface area contributed by atoms with Crippen LogP contribution in [0.5, 0.6) is 5.75 Å². The van der Waals surface area contributed by atoms with Crippen molar-refractivity contribution in [1.29, 1.82) is 0 Å². The highest BCUT2D eigenvalue weighted by Crippen LogP contribution is 2.16. The third-order valence-electron chi connectivity index (χ3n) is 3.48. The van der Waals surface area contributed by atoms with Gasteiger partial charge in [0.05, 0.1) is 6.04 Å². The molecule has 0 spiro atoms. The van der Waals surface area contributed by atoms with E-state index in [-0.39, 0.29) is 17.8 Å². The van der Waals surface area contributed by atoms with Crippen molar-refractivity contribution in [3.8, 4) is 5.75 Å². The summed E-state index contributed by atoms with van der Waals surface area (Å²) in [5.41, 5.74) is 7.07. The van der Waals surface area contributed by atoms with Gasteiger partial charge in [-0.2, -0.15) is 0 Å². The molecule has 23 heavy (non-hydrogen) atoms. The Morgan fingerprint density at radius 2 is 1.96 bits per heavy atom. The number of benzene rings is 2. The first-order chi connectivity index (χ1) is 11.0. The lowest BCUT2D eigenvalue weighted by Crippen LogP contribution is -2.39. The molecule has 0 radical (unpaired) electrons. The second-order valence-corrected chi connectivity index (χ2v) is 5.39. The molecule has 0 aliphatic heterocycles. The zero-order valence-electron chi connectivity index (χ0n) is 13.1. The molecule has 0 fully saturated rings. The van der Waals surface area contributed by atoms with Crippen molar-refractivity contribution < 1.29 is 13.9 Å². The summed E-state index contributed by atoms with van der Waals surface area (Å²) in [5.74, 6) is 0.0985. The summed E-state index contributed by atoms with van der Waals surface area (Å²) in [4.78, 5) is 11.0. The summed E-state index contributed by atoms with van der Waals surface area (Å²) in [6, 6.07) is 13.7. The number of ether oxygens (including phenoxy) is 1. The van der Waals surface area contributed by atoms with Gasteiger partial charge in [-0.25, -0.2) is 4.39 Å². The number of carbonyl (C=O) groups is 1. The van der Waals surface area contributed by atoms with Gasteiger partial charge >= 0.3 is 0 Å². The van der Waals surface area contributed by atoms with Crippen molar-refractivity contribution in [2.45, 2.75) is 26.0 Å². The van der Waals surface area contributed by atoms with Gasteiger partial charge in [0.1, 0.15) is 18.2 Å². The highest BCUT2D eigenvalue weighted by atomic mass is 19.1. The fourth-order valence-corrected chi connectivity index (χ4v) is 2.12. The van der Waals surface area contributed by atoms with Crippen LogP contribution in [-0.4, -0.2) is 18.5 Å². The lowest BCUT2D eigenvalue weighted by Gasteiger charge is -2.11. The Balaban J connectivity index is 1.85. The molecule has 2 aromatic carbocycles. The molecule has 0 aromatic heterocycles. The number of hydrogen-bond donors (Lipinski definition) is 2. The molecule has 1 unspecified atom stereocenters. The average Bonchev–Trinajstić information content (AvgIpc) is 2.53. The maximum atomic E-state index is 13.1. The van der Waals surface area contributed by atoms with Gasteiger partial charge in [0.15, 0.2) is 0 Å². The highest BCUT2D eigenvalue weighted by molar-refractivity contribution is 5.79. The minimum atomic E-state index is -0.364. The number of nitrogens with one attached hydrogen (secondary N) is 1. The van der Waals surface area contributed by atoms with E-state index in [1.165, 1.54) is 12.1 Å². The highest BCUT2D eigenvalue weighted by Gasteiger charge is 2.06. The number of primary amides is 1. The number of carbonyl (C=O) groups excluding carboxylic acids is 1. The molecule has 4 nitrogen and oxygen atoms in total. The summed E-state index contributed by atoms with van der Waals surface area (Å²) in [6.45, 7) is 2.70. The zero-order chi connectivity index (χ0) is 16.7. The molecule has 0 saturated heterocycles. The number of nitrogens with two attached hydrogens (primary N) is 1. The van der Waals surface area contributed by atoms with Crippen LogP contribution in [0.1, 0.15) is 18.1 Å². The van der Waals surface area contributed by atoms with Crippen LogP contribution >= 0.6 is 0 Å². The minimum absolute atomic E-state index is 0.269. The number of amides is 1. The third kappa shape index (κ3) is 5.71. The molecule has 0 bridgehead atoms. The molecule has 0 aliphatic carbocycles. The van der Waals surface area contributed by atoms with Crippen molar-refractivity contribution in [3.05, 3.63) is 65.5 Å². The average molecular weight is 316 g/mol. The number of halogens is 1. The molecule has 3 N–H and O–H groups in total. The Bertz CT molecular complexity index is 661. The Morgan fingerprint density at radius 1 is 1.22 bits per heavy atom. The fourth-order valence-electron chi connectivity index (χ4n) is 2.12. The largest absolute Gasteiger partial charge is 0.489 e. The SMILES string of the molecule is CC(NCCc1cccc(OCc2cccc(F)c2)c1)C(N)=O. The lowest BCUT2D eigenvalue weighted by molar-refractivity contribution is -0.119. The second-order valence-electron chi connectivity index (χ2n) is 5.39. The first-order valence-corrected chi connectivity index (χ1v) is 7.53. The normalized spacial score (nSPS) is 11.9. The van der Waals surface area contributed by atoms with E-state index < -0.39 is 0 Å². The second kappa shape index (κ2) is 8.29. The Morgan fingerprint density at radius 3 is 2.70 bits per heavy atom. The quantitative estimate of drug-likeness (QED) is 0.786. The van der Waals surface area contributed by atoms with E-state index >= 15 is 0 Å². The van der Waals surface area contributed by atoms with Gasteiger partial charge in [-0.1, -0.05) is 24.3 Å². The van der Waals surface area contributed by atoms with E-state index in [9.17, 15) is 9.18 Å². The smallest absolute Gasteiger partial charge is 0.234 e. The van der Waals surface area contributed by atoms with Gasteiger partial charge in [0.25, 0.3) is 0 Å². The van der Waals surface area contributed by atoms with E-state index in [4.69, 9.17) is 10.5 Å². The molecule has 5 heteroatoms. The van der Waals surface area contributed by atoms with Crippen molar-refractivity contribution in [3.63, 3.8) is 0 Å². The third-order valence-corrected chi connectivity index (χ3v) is 3.48.